The maximum atomic E-state index is 10.4. The van der Waals surface area contributed by atoms with Gasteiger partial charge in [-0.15, -0.1) is 0 Å². The number of anilines is 1. The van der Waals surface area contributed by atoms with E-state index in [0.29, 0.717) is 5.82 Å². The van der Waals surface area contributed by atoms with Crippen LogP contribution in [0.25, 0.3) is 0 Å². The zero-order valence-electron chi connectivity index (χ0n) is 11.8. The average Bonchev–Trinajstić information content (AvgIpc) is 2.54. The van der Waals surface area contributed by atoms with E-state index in [1.807, 2.05) is 43.3 Å². The SMILES string of the molecule is CC(c1ccccc1)N(O)c1ccc2c(n1)CCCC2. The van der Waals surface area contributed by atoms with Crippen LogP contribution in [-0.4, -0.2) is 10.2 Å². The first-order valence-electron chi connectivity index (χ1n) is 7.27. The molecule has 0 radical (unpaired) electrons. The molecule has 1 aromatic carbocycles. The van der Waals surface area contributed by atoms with Crippen LogP contribution in [0.15, 0.2) is 42.5 Å². The molecule has 2 aromatic rings. The van der Waals surface area contributed by atoms with Crippen LogP contribution in [0.2, 0.25) is 0 Å². The Bertz CT molecular complexity index is 583. The van der Waals surface area contributed by atoms with Crippen molar-refractivity contribution < 1.29 is 5.21 Å². The second-order valence-electron chi connectivity index (χ2n) is 5.41. The fourth-order valence-corrected chi connectivity index (χ4v) is 2.77. The summed E-state index contributed by atoms with van der Waals surface area (Å²) in [6.07, 6.45) is 4.58. The molecule has 0 fully saturated rings. The molecule has 20 heavy (non-hydrogen) atoms. The molecule has 1 atom stereocenters. The lowest BCUT2D eigenvalue weighted by atomic mass is 9.96. The van der Waals surface area contributed by atoms with Crippen molar-refractivity contribution in [1.82, 2.24) is 4.98 Å². The van der Waals surface area contributed by atoms with Crippen molar-refractivity contribution in [1.29, 1.82) is 0 Å². The lowest BCUT2D eigenvalue weighted by Crippen LogP contribution is -2.24. The largest absolute Gasteiger partial charge is 0.286 e. The topological polar surface area (TPSA) is 36.4 Å². The second kappa shape index (κ2) is 5.63. The van der Waals surface area contributed by atoms with Gasteiger partial charge < -0.3 is 0 Å². The Morgan fingerprint density at radius 1 is 1.05 bits per heavy atom. The highest BCUT2D eigenvalue weighted by Crippen LogP contribution is 2.27. The van der Waals surface area contributed by atoms with Crippen LogP contribution in [-0.2, 0) is 12.8 Å². The van der Waals surface area contributed by atoms with Crippen LogP contribution in [0.3, 0.4) is 0 Å². The van der Waals surface area contributed by atoms with Crippen molar-refractivity contribution in [3.8, 4) is 0 Å². The number of fused-ring (bicyclic) bond motifs is 1. The van der Waals surface area contributed by atoms with Gasteiger partial charge in [-0.3, -0.25) is 5.21 Å². The summed E-state index contributed by atoms with van der Waals surface area (Å²) in [5, 5.41) is 11.7. The van der Waals surface area contributed by atoms with Gasteiger partial charge in [-0.05, 0) is 49.8 Å². The van der Waals surface area contributed by atoms with Crippen molar-refractivity contribution in [2.24, 2.45) is 0 Å². The molecule has 3 nitrogen and oxygen atoms in total. The van der Waals surface area contributed by atoms with Gasteiger partial charge in [0.1, 0.15) is 0 Å². The molecule has 0 amide bonds. The number of hydrogen-bond acceptors (Lipinski definition) is 3. The van der Waals surface area contributed by atoms with Gasteiger partial charge in [-0.2, -0.15) is 0 Å². The normalized spacial score (nSPS) is 15.5. The van der Waals surface area contributed by atoms with Crippen LogP contribution in [0, 0.1) is 0 Å². The third-order valence-electron chi connectivity index (χ3n) is 4.05. The first kappa shape index (κ1) is 13.1. The fourth-order valence-electron chi connectivity index (χ4n) is 2.77. The molecule has 1 aromatic heterocycles. The van der Waals surface area contributed by atoms with Gasteiger partial charge >= 0.3 is 0 Å². The Hall–Kier alpha value is -1.87. The van der Waals surface area contributed by atoms with Gasteiger partial charge in [0.15, 0.2) is 5.82 Å². The third-order valence-corrected chi connectivity index (χ3v) is 4.05. The molecule has 1 unspecified atom stereocenters. The molecule has 0 saturated heterocycles. The summed E-state index contributed by atoms with van der Waals surface area (Å²) < 4.78 is 0. The van der Waals surface area contributed by atoms with Gasteiger partial charge in [0.05, 0.1) is 6.04 Å². The van der Waals surface area contributed by atoms with Crippen molar-refractivity contribution in [2.45, 2.75) is 38.6 Å². The van der Waals surface area contributed by atoms with Gasteiger partial charge in [-0.1, -0.05) is 36.4 Å². The molecule has 0 bridgehead atoms. The first-order chi connectivity index (χ1) is 9.75. The van der Waals surface area contributed by atoms with Crippen molar-refractivity contribution >= 4 is 5.82 Å². The molecule has 3 rings (SSSR count). The number of pyridine rings is 1. The van der Waals surface area contributed by atoms with E-state index in [2.05, 4.69) is 11.1 Å². The van der Waals surface area contributed by atoms with Gasteiger partial charge in [0.2, 0.25) is 0 Å². The molecule has 1 N–H and O–H groups in total. The van der Waals surface area contributed by atoms with Gasteiger partial charge in [0, 0.05) is 5.69 Å². The van der Waals surface area contributed by atoms with Crippen molar-refractivity contribution in [3.05, 3.63) is 59.3 Å². The van der Waals surface area contributed by atoms with E-state index >= 15 is 0 Å². The van der Waals surface area contributed by atoms with E-state index in [4.69, 9.17) is 0 Å². The van der Waals surface area contributed by atoms with Crippen molar-refractivity contribution in [3.63, 3.8) is 0 Å². The summed E-state index contributed by atoms with van der Waals surface area (Å²) in [6, 6.07) is 13.9. The van der Waals surface area contributed by atoms with Crippen molar-refractivity contribution in [2.75, 3.05) is 5.06 Å². The van der Waals surface area contributed by atoms with Crippen LogP contribution in [0.4, 0.5) is 5.82 Å². The maximum absolute atomic E-state index is 10.4. The summed E-state index contributed by atoms with van der Waals surface area (Å²) in [7, 11) is 0. The standard InChI is InChI=1S/C17H20N2O/c1-13(14-7-3-2-4-8-14)19(20)17-12-11-15-9-5-6-10-16(15)18-17/h2-4,7-8,11-13,20H,5-6,9-10H2,1H3. The molecule has 0 saturated carbocycles. The Morgan fingerprint density at radius 2 is 1.80 bits per heavy atom. The van der Waals surface area contributed by atoms with E-state index in [-0.39, 0.29) is 6.04 Å². The highest BCUT2D eigenvalue weighted by Gasteiger charge is 2.18. The van der Waals surface area contributed by atoms with E-state index in [0.717, 1.165) is 24.1 Å². The van der Waals surface area contributed by atoms with E-state index in [9.17, 15) is 5.21 Å². The third kappa shape index (κ3) is 2.54. The summed E-state index contributed by atoms with van der Waals surface area (Å²) in [4.78, 5) is 4.64. The molecule has 0 spiro atoms. The summed E-state index contributed by atoms with van der Waals surface area (Å²) in [5.41, 5.74) is 3.56. The maximum Gasteiger partial charge on any atom is 0.153 e. The number of benzene rings is 1. The molecular weight excluding hydrogens is 248 g/mol. The minimum absolute atomic E-state index is 0.106. The second-order valence-corrected chi connectivity index (χ2v) is 5.41. The summed E-state index contributed by atoms with van der Waals surface area (Å²) in [5.74, 6) is 0.641. The molecule has 1 aliphatic rings. The van der Waals surface area contributed by atoms with Crippen LogP contribution < -0.4 is 5.06 Å². The zero-order chi connectivity index (χ0) is 13.9. The predicted molar refractivity (Wildman–Crippen MR) is 80.0 cm³/mol. The minimum Gasteiger partial charge on any atom is -0.286 e. The van der Waals surface area contributed by atoms with E-state index in [1.165, 1.54) is 23.5 Å². The molecule has 1 heterocycles. The number of hydrogen-bond donors (Lipinski definition) is 1. The van der Waals surface area contributed by atoms with Crippen LogP contribution >= 0.6 is 0 Å². The molecular formula is C17H20N2O. The summed E-state index contributed by atoms with van der Waals surface area (Å²) in [6.45, 7) is 1.98. The average molecular weight is 268 g/mol. The lowest BCUT2D eigenvalue weighted by Gasteiger charge is -2.25. The summed E-state index contributed by atoms with van der Waals surface area (Å²) >= 11 is 0. The zero-order valence-corrected chi connectivity index (χ0v) is 11.8. The van der Waals surface area contributed by atoms with Gasteiger partial charge in [-0.25, -0.2) is 10.0 Å². The smallest absolute Gasteiger partial charge is 0.153 e. The van der Waals surface area contributed by atoms with E-state index < -0.39 is 0 Å². The Kier molecular flexibility index (Phi) is 3.70. The number of hydroxylamine groups is 1. The predicted octanol–water partition coefficient (Wildman–Crippen LogP) is 3.92. The monoisotopic (exact) mass is 268 g/mol. The van der Waals surface area contributed by atoms with E-state index in [1.54, 1.807) is 0 Å². The van der Waals surface area contributed by atoms with Crippen LogP contribution in [0.5, 0.6) is 0 Å². The Morgan fingerprint density at radius 3 is 2.60 bits per heavy atom. The number of nitrogens with zero attached hydrogens (tertiary/aromatic N) is 2. The van der Waals surface area contributed by atoms with Crippen LogP contribution in [0.1, 0.15) is 42.6 Å². The highest BCUT2D eigenvalue weighted by atomic mass is 16.5. The quantitative estimate of drug-likeness (QED) is 0.857. The lowest BCUT2D eigenvalue weighted by molar-refractivity contribution is 0.220. The highest BCUT2D eigenvalue weighted by molar-refractivity contribution is 5.42. The fraction of sp³-hybridized carbons (Fsp3) is 0.353. The number of aromatic nitrogens is 1. The number of aryl methyl sites for hydroxylation is 2. The Labute approximate surface area is 119 Å². The molecule has 1 aliphatic carbocycles. The Balaban J connectivity index is 1.85. The molecule has 3 heteroatoms. The molecule has 104 valence electrons. The number of rotatable bonds is 3. The molecule has 0 aliphatic heterocycles. The first-order valence-corrected chi connectivity index (χ1v) is 7.27. The minimum atomic E-state index is -0.106. The van der Waals surface area contributed by atoms with Gasteiger partial charge in [0.25, 0.3) is 0 Å².